The molecule has 2 rings (SSSR count). The second-order valence-corrected chi connectivity index (χ2v) is 5.77. The van der Waals surface area contributed by atoms with Gasteiger partial charge in [0.15, 0.2) is 0 Å². The third kappa shape index (κ3) is 3.24. The van der Waals surface area contributed by atoms with Crippen molar-refractivity contribution in [2.45, 2.75) is 40.2 Å². The summed E-state index contributed by atoms with van der Waals surface area (Å²) in [5, 5.41) is 0. The Morgan fingerprint density at radius 2 is 1.79 bits per heavy atom. The first-order valence-electron chi connectivity index (χ1n) is 6.84. The Kier molecular flexibility index (Phi) is 4.05. The zero-order valence-corrected chi connectivity index (χ0v) is 12.2. The lowest BCUT2D eigenvalue weighted by atomic mass is 10.0. The van der Waals surface area contributed by atoms with Gasteiger partial charge in [0.05, 0.1) is 18.2 Å². The zero-order chi connectivity index (χ0) is 14.0. The van der Waals surface area contributed by atoms with E-state index in [0.29, 0.717) is 5.92 Å². The Bertz CT molecular complexity index is 535. The average molecular weight is 257 g/mol. The molecule has 0 aliphatic rings. The molecule has 0 radical (unpaired) electrons. The number of benzene rings is 1. The number of nitrogens with zero attached hydrogens (tertiary/aromatic N) is 2. The van der Waals surface area contributed by atoms with E-state index in [1.54, 1.807) is 0 Å². The summed E-state index contributed by atoms with van der Waals surface area (Å²) in [4.78, 5) is 4.27. The largest absolute Gasteiger partial charge is 0.323 e. The van der Waals surface area contributed by atoms with Crippen LogP contribution < -0.4 is 5.73 Å². The third-order valence-electron chi connectivity index (χ3n) is 3.26. The lowest BCUT2D eigenvalue weighted by Gasteiger charge is -2.17. The van der Waals surface area contributed by atoms with Crippen LogP contribution in [0.15, 0.2) is 30.7 Å². The molecule has 0 amide bonds. The smallest absolute Gasteiger partial charge is 0.0994 e. The lowest BCUT2D eigenvalue weighted by molar-refractivity contribution is 0.498. The number of imidazole rings is 1. The second-order valence-electron chi connectivity index (χ2n) is 5.77. The molecule has 0 bridgehead atoms. The molecule has 102 valence electrons. The third-order valence-corrected chi connectivity index (χ3v) is 3.26. The van der Waals surface area contributed by atoms with E-state index in [1.807, 2.05) is 12.5 Å². The highest BCUT2D eigenvalue weighted by atomic mass is 15.1. The quantitative estimate of drug-likeness (QED) is 0.910. The van der Waals surface area contributed by atoms with E-state index >= 15 is 0 Å². The SMILES string of the molecule is Cc1cc(C)cc(-n2cncc2C(N)CC(C)C)c1. The van der Waals surface area contributed by atoms with Crippen molar-refractivity contribution in [1.82, 2.24) is 9.55 Å². The fourth-order valence-corrected chi connectivity index (χ4v) is 2.51. The van der Waals surface area contributed by atoms with Crippen LogP contribution in [0, 0.1) is 19.8 Å². The van der Waals surface area contributed by atoms with Crippen LogP contribution in [-0.4, -0.2) is 9.55 Å². The summed E-state index contributed by atoms with van der Waals surface area (Å²) in [6, 6.07) is 6.54. The molecular weight excluding hydrogens is 234 g/mol. The Morgan fingerprint density at radius 3 is 2.37 bits per heavy atom. The van der Waals surface area contributed by atoms with Crippen molar-refractivity contribution in [3.05, 3.63) is 47.5 Å². The fraction of sp³-hybridized carbons (Fsp3) is 0.438. The molecule has 2 aromatic rings. The summed E-state index contributed by atoms with van der Waals surface area (Å²) in [6.07, 6.45) is 4.70. The zero-order valence-electron chi connectivity index (χ0n) is 12.2. The van der Waals surface area contributed by atoms with Gasteiger partial charge in [0.2, 0.25) is 0 Å². The normalized spacial score (nSPS) is 12.9. The van der Waals surface area contributed by atoms with Crippen LogP contribution in [0.5, 0.6) is 0 Å². The molecule has 1 aromatic carbocycles. The predicted molar refractivity (Wildman–Crippen MR) is 79.4 cm³/mol. The molecule has 1 heterocycles. The van der Waals surface area contributed by atoms with Gasteiger partial charge in [0.25, 0.3) is 0 Å². The lowest BCUT2D eigenvalue weighted by Crippen LogP contribution is -2.16. The van der Waals surface area contributed by atoms with Crippen LogP contribution in [0.25, 0.3) is 5.69 Å². The van der Waals surface area contributed by atoms with Crippen molar-refractivity contribution in [2.75, 3.05) is 0 Å². The van der Waals surface area contributed by atoms with Gasteiger partial charge in [-0.15, -0.1) is 0 Å². The van der Waals surface area contributed by atoms with Crippen LogP contribution in [0.3, 0.4) is 0 Å². The standard InChI is InChI=1S/C16H23N3/c1-11(2)5-15(17)16-9-18-10-19(16)14-7-12(3)6-13(4)8-14/h6-11,15H,5,17H2,1-4H3. The van der Waals surface area contributed by atoms with E-state index in [9.17, 15) is 0 Å². The van der Waals surface area contributed by atoms with Crippen molar-refractivity contribution >= 4 is 0 Å². The Labute approximate surface area is 115 Å². The molecule has 0 aliphatic heterocycles. The number of rotatable bonds is 4. The van der Waals surface area contributed by atoms with E-state index in [2.05, 4.69) is 55.4 Å². The van der Waals surface area contributed by atoms with Crippen molar-refractivity contribution in [2.24, 2.45) is 11.7 Å². The first kappa shape index (κ1) is 13.8. The molecule has 0 saturated heterocycles. The molecule has 3 heteroatoms. The number of aryl methyl sites for hydroxylation is 2. The predicted octanol–water partition coefficient (Wildman–Crippen LogP) is 3.54. The van der Waals surface area contributed by atoms with E-state index in [4.69, 9.17) is 5.73 Å². The molecule has 0 spiro atoms. The number of hydrogen-bond acceptors (Lipinski definition) is 2. The van der Waals surface area contributed by atoms with Crippen molar-refractivity contribution in [1.29, 1.82) is 0 Å². The molecular formula is C16H23N3. The van der Waals surface area contributed by atoms with Crippen molar-refractivity contribution < 1.29 is 0 Å². The van der Waals surface area contributed by atoms with Gasteiger partial charge in [-0.1, -0.05) is 19.9 Å². The summed E-state index contributed by atoms with van der Waals surface area (Å²) in [6.45, 7) is 8.61. The summed E-state index contributed by atoms with van der Waals surface area (Å²) in [5.74, 6) is 0.581. The van der Waals surface area contributed by atoms with Gasteiger partial charge in [-0.05, 0) is 49.4 Å². The van der Waals surface area contributed by atoms with E-state index in [-0.39, 0.29) is 6.04 Å². The Balaban J connectivity index is 2.38. The minimum Gasteiger partial charge on any atom is -0.323 e. The summed E-state index contributed by atoms with van der Waals surface area (Å²) in [5.41, 5.74) is 11.0. The number of nitrogens with two attached hydrogens (primary N) is 1. The summed E-state index contributed by atoms with van der Waals surface area (Å²) < 4.78 is 2.10. The molecule has 0 aliphatic carbocycles. The fourth-order valence-electron chi connectivity index (χ4n) is 2.51. The molecule has 1 unspecified atom stereocenters. The summed E-state index contributed by atoms with van der Waals surface area (Å²) >= 11 is 0. The van der Waals surface area contributed by atoms with E-state index in [0.717, 1.165) is 17.8 Å². The molecule has 1 aromatic heterocycles. The first-order chi connectivity index (χ1) is 8.97. The molecule has 19 heavy (non-hydrogen) atoms. The molecule has 0 saturated carbocycles. The second kappa shape index (κ2) is 5.57. The summed E-state index contributed by atoms with van der Waals surface area (Å²) in [7, 11) is 0. The maximum absolute atomic E-state index is 6.29. The van der Waals surface area contributed by atoms with Crippen molar-refractivity contribution in [3.63, 3.8) is 0 Å². The highest BCUT2D eigenvalue weighted by Crippen LogP contribution is 2.22. The average Bonchev–Trinajstić information content (AvgIpc) is 2.75. The highest BCUT2D eigenvalue weighted by Gasteiger charge is 2.14. The number of aromatic nitrogens is 2. The van der Waals surface area contributed by atoms with Crippen LogP contribution in [0.1, 0.15) is 43.1 Å². The van der Waals surface area contributed by atoms with Crippen LogP contribution in [-0.2, 0) is 0 Å². The maximum Gasteiger partial charge on any atom is 0.0994 e. The minimum absolute atomic E-state index is 0.0309. The Morgan fingerprint density at radius 1 is 1.16 bits per heavy atom. The van der Waals surface area contributed by atoms with Crippen molar-refractivity contribution in [3.8, 4) is 5.69 Å². The maximum atomic E-state index is 6.29. The van der Waals surface area contributed by atoms with Gasteiger partial charge in [0.1, 0.15) is 0 Å². The number of hydrogen-bond donors (Lipinski definition) is 1. The minimum atomic E-state index is 0.0309. The van der Waals surface area contributed by atoms with Gasteiger partial charge in [-0.25, -0.2) is 4.98 Å². The van der Waals surface area contributed by atoms with E-state index in [1.165, 1.54) is 11.1 Å². The topological polar surface area (TPSA) is 43.8 Å². The van der Waals surface area contributed by atoms with Crippen LogP contribution >= 0.6 is 0 Å². The highest BCUT2D eigenvalue weighted by molar-refractivity contribution is 5.41. The molecule has 0 fully saturated rings. The Hall–Kier alpha value is -1.61. The van der Waals surface area contributed by atoms with Gasteiger partial charge >= 0.3 is 0 Å². The van der Waals surface area contributed by atoms with E-state index < -0.39 is 0 Å². The van der Waals surface area contributed by atoms with Gasteiger partial charge in [-0.2, -0.15) is 0 Å². The molecule has 2 N–H and O–H groups in total. The monoisotopic (exact) mass is 257 g/mol. The van der Waals surface area contributed by atoms with Crippen LogP contribution in [0.4, 0.5) is 0 Å². The molecule has 1 atom stereocenters. The molecule has 3 nitrogen and oxygen atoms in total. The van der Waals surface area contributed by atoms with Gasteiger partial charge in [0, 0.05) is 11.7 Å². The first-order valence-corrected chi connectivity index (χ1v) is 6.84. The van der Waals surface area contributed by atoms with Crippen LogP contribution in [0.2, 0.25) is 0 Å². The van der Waals surface area contributed by atoms with Gasteiger partial charge < -0.3 is 10.3 Å². The van der Waals surface area contributed by atoms with Gasteiger partial charge in [-0.3, -0.25) is 0 Å².